The molecule has 0 saturated carbocycles. The van der Waals surface area contributed by atoms with Crippen molar-refractivity contribution in [1.82, 2.24) is 15.1 Å². The maximum Gasteiger partial charge on any atom is 0.272 e. The Morgan fingerprint density at radius 2 is 1.94 bits per heavy atom. The summed E-state index contributed by atoms with van der Waals surface area (Å²) in [7, 11) is 0. The molecule has 1 amide bonds. The summed E-state index contributed by atoms with van der Waals surface area (Å²) < 4.78 is 18.7. The molecule has 31 heavy (non-hydrogen) atoms. The van der Waals surface area contributed by atoms with E-state index in [1.54, 1.807) is 6.07 Å². The van der Waals surface area contributed by atoms with Crippen LogP contribution in [0.3, 0.4) is 0 Å². The molecule has 2 aliphatic rings. The van der Waals surface area contributed by atoms with Gasteiger partial charge in [0.2, 0.25) is 6.79 Å². The summed E-state index contributed by atoms with van der Waals surface area (Å²) in [6, 6.07) is 15.9. The molecule has 7 heteroatoms. The van der Waals surface area contributed by atoms with Crippen molar-refractivity contribution in [2.75, 3.05) is 6.79 Å². The molecule has 7 nitrogen and oxygen atoms in total. The van der Waals surface area contributed by atoms with Crippen LogP contribution in [0.2, 0.25) is 0 Å². The molecular weight excluding hydrogens is 394 g/mol. The van der Waals surface area contributed by atoms with Crippen LogP contribution in [0.25, 0.3) is 0 Å². The highest BCUT2D eigenvalue weighted by molar-refractivity contribution is 5.92. The highest BCUT2D eigenvalue weighted by Crippen LogP contribution is 2.36. The van der Waals surface area contributed by atoms with Gasteiger partial charge in [-0.2, -0.15) is 5.10 Å². The van der Waals surface area contributed by atoms with Gasteiger partial charge in [0.25, 0.3) is 5.91 Å². The topological polar surface area (TPSA) is 74.6 Å². The average molecular weight is 419 g/mol. The number of ether oxygens (including phenoxy) is 3. The lowest BCUT2D eigenvalue weighted by molar-refractivity contribution is -0.00128. The molecule has 2 aromatic carbocycles. The molecular formula is C24H25N3O4. The fourth-order valence-electron chi connectivity index (χ4n) is 3.84. The third-order valence-corrected chi connectivity index (χ3v) is 5.73. The summed E-state index contributed by atoms with van der Waals surface area (Å²) in [5.74, 6) is 1.78. The number of nitrogens with zero attached hydrogens (tertiary/aromatic N) is 2. The number of carbonyl (C=O) groups is 1. The van der Waals surface area contributed by atoms with E-state index in [0.29, 0.717) is 31.3 Å². The first kappa shape index (κ1) is 19.6. The minimum Gasteiger partial charge on any atom is -0.454 e. The summed E-state index contributed by atoms with van der Waals surface area (Å²) in [5, 5.41) is 7.48. The largest absolute Gasteiger partial charge is 0.454 e. The van der Waals surface area contributed by atoms with Gasteiger partial charge in [0.05, 0.1) is 18.8 Å². The van der Waals surface area contributed by atoms with E-state index in [1.807, 2.05) is 22.9 Å². The second kappa shape index (κ2) is 8.07. The van der Waals surface area contributed by atoms with Crippen molar-refractivity contribution in [2.45, 2.75) is 45.6 Å². The fourth-order valence-corrected chi connectivity index (χ4v) is 3.84. The van der Waals surface area contributed by atoms with Gasteiger partial charge >= 0.3 is 0 Å². The third-order valence-electron chi connectivity index (χ3n) is 5.73. The standard InChI is InChI=1S/C24H25N3O4/c1-15(2)17-5-3-16(4-6-17)11-25-24(28)20-10-19-13-29-23(12-27(19)26-20)18-7-8-21-22(9-18)31-14-30-21/h3-10,15,23H,11-14H2,1-2H3,(H,25,28). The van der Waals surface area contributed by atoms with Crippen LogP contribution in [-0.4, -0.2) is 22.5 Å². The number of benzene rings is 2. The molecule has 1 aromatic heterocycles. The quantitative estimate of drug-likeness (QED) is 0.678. The summed E-state index contributed by atoms with van der Waals surface area (Å²) in [4.78, 5) is 12.6. The van der Waals surface area contributed by atoms with Crippen molar-refractivity contribution < 1.29 is 19.0 Å². The second-order valence-corrected chi connectivity index (χ2v) is 8.19. The van der Waals surface area contributed by atoms with Gasteiger partial charge in [0, 0.05) is 6.54 Å². The predicted octanol–water partition coefficient (Wildman–Crippen LogP) is 3.94. The summed E-state index contributed by atoms with van der Waals surface area (Å²) >= 11 is 0. The molecule has 3 heterocycles. The van der Waals surface area contributed by atoms with Crippen LogP contribution in [0.1, 0.15) is 58.7 Å². The van der Waals surface area contributed by atoms with E-state index in [4.69, 9.17) is 14.2 Å². The van der Waals surface area contributed by atoms with Gasteiger partial charge in [-0.05, 0) is 40.8 Å². The molecule has 0 bridgehead atoms. The Balaban J connectivity index is 1.23. The summed E-state index contributed by atoms with van der Waals surface area (Å²) in [6.07, 6.45) is -0.155. The monoisotopic (exact) mass is 419 g/mol. The Hall–Kier alpha value is -3.32. The molecule has 0 fully saturated rings. The average Bonchev–Trinajstić information content (AvgIpc) is 3.43. The van der Waals surface area contributed by atoms with Crippen molar-refractivity contribution in [1.29, 1.82) is 0 Å². The SMILES string of the molecule is CC(C)c1ccc(CNC(=O)c2cc3n(n2)CC(c2ccc4c(c2)OCO4)OC3)cc1. The van der Waals surface area contributed by atoms with Crippen molar-refractivity contribution in [3.05, 3.63) is 76.6 Å². The number of amides is 1. The third kappa shape index (κ3) is 4.01. The molecule has 0 radical (unpaired) electrons. The Labute approximate surface area is 180 Å². The molecule has 0 aliphatic carbocycles. The number of hydrogen-bond acceptors (Lipinski definition) is 5. The Bertz CT molecular complexity index is 1100. The van der Waals surface area contributed by atoms with Crippen molar-refractivity contribution in [3.8, 4) is 11.5 Å². The van der Waals surface area contributed by atoms with E-state index in [9.17, 15) is 4.79 Å². The Kier molecular flexibility index (Phi) is 5.11. The first-order valence-corrected chi connectivity index (χ1v) is 10.5. The van der Waals surface area contributed by atoms with Gasteiger partial charge in [-0.15, -0.1) is 0 Å². The van der Waals surface area contributed by atoms with Gasteiger partial charge in [0.1, 0.15) is 6.10 Å². The number of fused-ring (bicyclic) bond motifs is 2. The molecule has 1 unspecified atom stereocenters. The molecule has 1 atom stereocenters. The van der Waals surface area contributed by atoms with Crippen LogP contribution in [0.4, 0.5) is 0 Å². The maximum atomic E-state index is 12.6. The zero-order chi connectivity index (χ0) is 21.4. The normalized spacial score (nSPS) is 16.9. The van der Waals surface area contributed by atoms with E-state index in [-0.39, 0.29) is 18.8 Å². The zero-order valence-electron chi connectivity index (χ0n) is 17.6. The van der Waals surface area contributed by atoms with Crippen molar-refractivity contribution in [2.24, 2.45) is 0 Å². The van der Waals surface area contributed by atoms with E-state index in [0.717, 1.165) is 28.3 Å². The van der Waals surface area contributed by atoms with Gasteiger partial charge in [-0.25, -0.2) is 0 Å². The van der Waals surface area contributed by atoms with E-state index in [1.165, 1.54) is 5.56 Å². The second-order valence-electron chi connectivity index (χ2n) is 8.19. The number of hydrogen-bond donors (Lipinski definition) is 1. The van der Waals surface area contributed by atoms with E-state index in [2.05, 4.69) is 48.5 Å². The molecule has 3 aromatic rings. The highest BCUT2D eigenvalue weighted by atomic mass is 16.7. The van der Waals surface area contributed by atoms with Crippen LogP contribution < -0.4 is 14.8 Å². The molecule has 160 valence electrons. The van der Waals surface area contributed by atoms with Gasteiger partial charge in [-0.3, -0.25) is 9.48 Å². The van der Waals surface area contributed by atoms with Crippen LogP contribution in [-0.2, 0) is 24.4 Å². The lowest BCUT2D eigenvalue weighted by Gasteiger charge is -2.24. The minimum absolute atomic E-state index is 0.155. The lowest BCUT2D eigenvalue weighted by atomic mass is 10.0. The van der Waals surface area contributed by atoms with Crippen LogP contribution in [0, 0.1) is 0 Å². The zero-order valence-corrected chi connectivity index (χ0v) is 17.6. The number of nitrogens with one attached hydrogen (secondary N) is 1. The van der Waals surface area contributed by atoms with Crippen molar-refractivity contribution in [3.63, 3.8) is 0 Å². The summed E-state index contributed by atoms with van der Waals surface area (Å²) in [6.45, 7) is 5.98. The molecule has 0 saturated heterocycles. The first-order valence-electron chi connectivity index (χ1n) is 10.5. The molecule has 5 rings (SSSR count). The summed E-state index contributed by atoms with van der Waals surface area (Å²) in [5.41, 5.74) is 4.65. The molecule has 2 aliphatic heterocycles. The highest BCUT2D eigenvalue weighted by Gasteiger charge is 2.25. The van der Waals surface area contributed by atoms with E-state index < -0.39 is 0 Å². The molecule has 0 spiro atoms. The van der Waals surface area contributed by atoms with Crippen LogP contribution in [0.5, 0.6) is 11.5 Å². The number of aromatic nitrogens is 2. The van der Waals surface area contributed by atoms with Gasteiger partial charge in [0.15, 0.2) is 17.2 Å². The van der Waals surface area contributed by atoms with Crippen molar-refractivity contribution >= 4 is 5.91 Å². The van der Waals surface area contributed by atoms with E-state index >= 15 is 0 Å². The Morgan fingerprint density at radius 1 is 1.13 bits per heavy atom. The van der Waals surface area contributed by atoms with Crippen LogP contribution >= 0.6 is 0 Å². The smallest absolute Gasteiger partial charge is 0.272 e. The minimum atomic E-state index is -0.186. The number of rotatable bonds is 5. The first-order chi connectivity index (χ1) is 15.1. The predicted molar refractivity (Wildman–Crippen MR) is 114 cm³/mol. The Morgan fingerprint density at radius 3 is 2.74 bits per heavy atom. The maximum absolute atomic E-state index is 12.6. The van der Waals surface area contributed by atoms with Crippen LogP contribution in [0.15, 0.2) is 48.5 Å². The van der Waals surface area contributed by atoms with Gasteiger partial charge in [-0.1, -0.05) is 44.2 Å². The number of carbonyl (C=O) groups excluding carboxylic acids is 1. The molecule has 1 N–H and O–H groups in total. The lowest BCUT2D eigenvalue weighted by Crippen LogP contribution is -2.24. The fraction of sp³-hybridized carbons (Fsp3) is 0.333. The van der Waals surface area contributed by atoms with Gasteiger partial charge < -0.3 is 19.5 Å².